The number of Topliss-reactive ketones (excluding diaryl/α,β-unsaturated/α-hetero) is 1. The van der Waals surface area contributed by atoms with Crippen LogP contribution in [0.25, 0.3) is 0 Å². The Balaban J connectivity index is 1.77. The van der Waals surface area contributed by atoms with Crippen molar-refractivity contribution in [3.63, 3.8) is 0 Å². The van der Waals surface area contributed by atoms with Gasteiger partial charge in [0.15, 0.2) is 5.78 Å². The highest BCUT2D eigenvalue weighted by Crippen LogP contribution is 2.16. The fraction of sp³-hybridized carbons (Fsp3) is 0.900. The van der Waals surface area contributed by atoms with Gasteiger partial charge in [-0.05, 0) is 12.5 Å². The molecule has 1 aliphatic rings. The number of nitrogens with zero attached hydrogens (tertiary/aromatic N) is 1. The Morgan fingerprint density at radius 2 is 1.18 bits per heavy atom. The molecule has 34 heavy (non-hydrogen) atoms. The lowest BCUT2D eigenvalue weighted by Gasteiger charge is -2.25. The van der Waals surface area contributed by atoms with Gasteiger partial charge in [0.1, 0.15) is 12.4 Å². The number of rotatable bonds is 25. The van der Waals surface area contributed by atoms with Crippen LogP contribution in [0.3, 0.4) is 0 Å². The summed E-state index contributed by atoms with van der Waals surface area (Å²) in [6.07, 6.45) is 29.9. The molecule has 1 rings (SSSR count). The van der Waals surface area contributed by atoms with Crippen LogP contribution in [0.2, 0.25) is 0 Å². The van der Waals surface area contributed by atoms with Gasteiger partial charge >= 0.3 is 0 Å². The molecule has 1 aliphatic heterocycles. The van der Waals surface area contributed by atoms with E-state index in [4.69, 9.17) is 0 Å². The zero-order valence-corrected chi connectivity index (χ0v) is 22.7. The van der Waals surface area contributed by atoms with E-state index in [1.165, 1.54) is 128 Å². The quantitative estimate of drug-likeness (QED) is 0.103. The highest BCUT2D eigenvalue weighted by Gasteiger charge is 2.32. The molecule has 2 unspecified atom stereocenters. The summed E-state index contributed by atoms with van der Waals surface area (Å²) in [5.41, 5.74) is 0. The number of carbonyl (C=O) groups excluding carboxylic acids is 1. The molecule has 2 N–H and O–H groups in total. The van der Waals surface area contributed by atoms with Gasteiger partial charge < -0.3 is 5.11 Å². The Kier molecular flexibility index (Phi) is 20.9. The first-order chi connectivity index (χ1) is 16.7. The predicted molar refractivity (Wildman–Crippen MR) is 147 cm³/mol. The molecule has 0 saturated carbocycles. The molecule has 0 bridgehead atoms. The molecular formula is C30H58N2O2. The maximum Gasteiger partial charge on any atom is 0.164 e. The molecule has 1 heterocycles. The van der Waals surface area contributed by atoms with Crippen molar-refractivity contribution in [3.8, 4) is 0 Å². The van der Waals surface area contributed by atoms with Crippen LogP contribution < -0.4 is 5.32 Å². The van der Waals surface area contributed by atoms with Crippen LogP contribution in [0.1, 0.15) is 148 Å². The van der Waals surface area contributed by atoms with Gasteiger partial charge in [-0.3, -0.25) is 15.0 Å². The second-order valence-electron chi connectivity index (χ2n) is 10.5. The number of aliphatic hydroxyl groups excluding tert-OH is 1. The third-order valence-corrected chi connectivity index (χ3v) is 7.42. The van der Waals surface area contributed by atoms with Crippen molar-refractivity contribution < 1.29 is 9.90 Å². The molecule has 0 aromatic carbocycles. The molecule has 0 aromatic rings. The van der Waals surface area contributed by atoms with Crippen LogP contribution >= 0.6 is 0 Å². The van der Waals surface area contributed by atoms with Crippen LogP contribution in [0.5, 0.6) is 0 Å². The Morgan fingerprint density at radius 1 is 0.794 bits per heavy atom. The largest absolute Gasteiger partial charge is 0.375 e. The van der Waals surface area contributed by atoms with Gasteiger partial charge in [-0.25, -0.2) is 0 Å². The third kappa shape index (κ3) is 16.1. The normalized spacial score (nSPS) is 17.3. The lowest BCUT2D eigenvalue weighted by Crippen LogP contribution is -2.47. The van der Waals surface area contributed by atoms with Gasteiger partial charge in [-0.15, -0.1) is 0 Å². The molecule has 2 atom stereocenters. The summed E-state index contributed by atoms with van der Waals surface area (Å²) in [6.45, 7) is 7.36. The van der Waals surface area contributed by atoms with E-state index in [1.807, 2.05) is 0 Å². The average Bonchev–Trinajstić information content (AvgIpc) is 3.34. The fourth-order valence-electron chi connectivity index (χ4n) is 5.16. The predicted octanol–water partition coefficient (Wildman–Crippen LogP) is 7.89. The van der Waals surface area contributed by atoms with Crippen molar-refractivity contribution in [2.24, 2.45) is 0 Å². The number of ketones is 1. The first-order valence-electron chi connectivity index (χ1n) is 15.0. The standard InChI is InChI=1S/C30H58N2O2/c1-3-5-6-7-8-9-10-11-12-13-14-15-16-17-18-19-20-21-22-23-24-25-28(33)30-31-26-27-32(30)29(34)4-2/h4,29-31,34H,2-3,5-27H2,1H3. The van der Waals surface area contributed by atoms with Crippen molar-refractivity contribution in [1.82, 2.24) is 10.2 Å². The minimum absolute atomic E-state index is 0.205. The van der Waals surface area contributed by atoms with Gasteiger partial charge in [0.05, 0.1) is 0 Å². The zero-order valence-electron chi connectivity index (χ0n) is 22.7. The van der Waals surface area contributed by atoms with Crippen molar-refractivity contribution in [2.75, 3.05) is 13.1 Å². The summed E-state index contributed by atoms with van der Waals surface area (Å²) in [7, 11) is 0. The van der Waals surface area contributed by atoms with Crippen LogP contribution in [-0.4, -0.2) is 41.3 Å². The molecule has 0 aromatic heterocycles. The number of unbranched alkanes of at least 4 members (excludes halogenated alkanes) is 20. The number of aliphatic hydroxyl groups is 1. The summed E-state index contributed by atoms with van der Waals surface area (Å²) in [6, 6.07) is 0. The van der Waals surface area contributed by atoms with E-state index < -0.39 is 6.23 Å². The van der Waals surface area contributed by atoms with Gasteiger partial charge in [-0.2, -0.15) is 0 Å². The van der Waals surface area contributed by atoms with Crippen LogP contribution in [0.15, 0.2) is 12.7 Å². The SMILES string of the molecule is C=CC(O)N1CCNC1C(=O)CCCCCCCCCCCCCCCCCCCCCCC. The molecule has 4 nitrogen and oxygen atoms in total. The third-order valence-electron chi connectivity index (χ3n) is 7.42. The molecule has 1 fully saturated rings. The second-order valence-corrected chi connectivity index (χ2v) is 10.5. The second kappa shape index (κ2) is 22.7. The zero-order chi connectivity index (χ0) is 24.7. The van der Waals surface area contributed by atoms with Crippen LogP contribution in [0.4, 0.5) is 0 Å². The molecular weight excluding hydrogens is 420 g/mol. The summed E-state index contributed by atoms with van der Waals surface area (Å²) in [4.78, 5) is 14.2. The highest BCUT2D eigenvalue weighted by molar-refractivity contribution is 5.83. The van der Waals surface area contributed by atoms with E-state index in [2.05, 4.69) is 18.8 Å². The molecule has 0 spiro atoms. The van der Waals surface area contributed by atoms with Crippen molar-refractivity contribution in [3.05, 3.63) is 12.7 Å². The summed E-state index contributed by atoms with van der Waals surface area (Å²) >= 11 is 0. The van der Waals surface area contributed by atoms with E-state index in [1.54, 1.807) is 4.90 Å². The summed E-state index contributed by atoms with van der Waals surface area (Å²) in [5, 5.41) is 13.1. The first-order valence-corrected chi connectivity index (χ1v) is 15.0. The summed E-state index contributed by atoms with van der Waals surface area (Å²) < 4.78 is 0. The van der Waals surface area contributed by atoms with E-state index >= 15 is 0 Å². The Morgan fingerprint density at radius 3 is 1.56 bits per heavy atom. The lowest BCUT2D eigenvalue weighted by atomic mass is 10.0. The topological polar surface area (TPSA) is 52.6 Å². The van der Waals surface area contributed by atoms with Gasteiger partial charge in [0, 0.05) is 19.5 Å². The number of hydrogen-bond acceptors (Lipinski definition) is 4. The smallest absolute Gasteiger partial charge is 0.164 e. The first kappa shape index (κ1) is 31.3. The maximum absolute atomic E-state index is 12.4. The van der Waals surface area contributed by atoms with Crippen LogP contribution in [-0.2, 0) is 4.79 Å². The van der Waals surface area contributed by atoms with Crippen molar-refractivity contribution >= 4 is 5.78 Å². The van der Waals surface area contributed by atoms with Gasteiger partial charge in [0.25, 0.3) is 0 Å². The van der Waals surface area contributed by atoms with Crippen molar-refractivity contribution in [2.45, 2.75) is 161 Å². The molecule has 0 aliphatic carbocycles. The molecule has 1 saturated heterocycles. The lowest BCUT2D eigenvalue weighted by molar-refractivity contribution is -0.127. The minimum Gasteiger partial charge on any atom is -0.375 e. The van der Waals surface area contributed by atoms with E-state index in [0.29, 0.717) is 13.0 Å². The van der Waals surface area contributed by atoms with Crippen LogP contribution in [0, 0.1) is 0 Å². The highest BCUT2D eigenvalue weighted by atomic mass is 16.3. The monoisotopic (exact) mass is 478 g/mol. The summed E-state index contributed by atoms with van der Waals surface area (Å²) in [5.74, 6) is 0.205. The average molecular weight is 479 g/mol. The molecule has 4 heteroatoms. The molecule has 200 valence electrons. The molecule has 0 radical (unpaired) electrons. The Hall–Kier alpha value is -0.710. The van der Waals surface area contributed by atoms with Crippen molar-refractivity contribution in [1.29, 1.82) is 0 Å². The number of hydrogen-bond donors (Lipinski definition) is 2. The number of carbonyl (C=O) groups is 1. The number of nitrogens with one attached hydrogen (secondary N) is 1. The van der Waals surface area contributed by atoms with E-state index in [9.17, 15) is 9.90 Å². The minimum atomic E-state index is -0.733. The van der Waals surface area contributed by atoms with Gasteiger partial charge in [0.2, 0.25) is 0 Å². The molecule has 0 amide bonds. The fourth-order valence-corrected chi connectivity index (χ4v) is 5.16. The Labute approximate surface area is 212 Å². The Bertz CT molecular complexity index is 482. The van der Waals surface area contributed by atoms with E-state index in [-0.39, 0.29) is 11.9 Å². The maximum atomic E-state index is 12.4. The van der Waals surface area contributed by atoms with Gasteiger partial charge in [-0.1, -0.05) is 142 Å². The van der Waals surface area contributed by atoms with E-state index in [0.717, 1.165) is 19.4 Å².